The molecule has 0 bridgehead atoms. The van der Waals surface area contributed by atoms with Crippen LogP contribution >= 0.6 is 11.6 Å². The maximum absolute atomic E-state index is 13.8. The van der Waals surface area contributed by atoms with Crippen LogP contribution < -0.4 is 4.74 Å². The standard InChI is InChI=1S/C28H40ClN5O3/c1-5-34-25(17-24(30-34)21(2)3)27(36)33-11-7-10-28(19-33,20-37-23-9-6-8-22(29)16-23)18-26(35)32-14-12-31(4)13-15-32/h6,8-9,16-17,21H,5,7,10-15,18-20H2,1-4H3/t28-/m0/s1. The van der Waals surface area contributed by atoms with Gasteiger partial charge in [-0.25, -0.2) is 0 Å². The fourth-order valence-electron chi connectivity index (χ4n) is 5.27. The summed E-state index contributed by atoms with van der Waals surface area (Å²) in [7, 11) is 2.08. The summed E-state index contributed by atoms with van der Waals surface area (Å²) in [5.74, 6) is 1.03. The van der Waals surface area contributed by atoms with Gasteiger partial charge in [-0.2, -0.15) is 5.10 Å². The van der Waals surface area contributed by atoms with Crippen LogP contribution in [0.2, 0.25) is 5.02 Å². The number of benzene rings is 1. The molecule has 0 saturated carbocycles. The molecule has 0 unspecified atom stereocenters. The van der Waals surface area contributed by atoms with Crippen molar-refractivity contribution < 1.29 is 14.3 Å². The molecule has 0 radical (unpaired) electrons. The molecule has 0 aliphatic carbocycles. The Hall–Kier alpha value is -2.58. The number of aromatic nitrogens is 2. The molecular formula is C28H40ClN5O3. The Labute approximate surface area is 225 Å². The molecule has 4 rings (SSSR count). The summed E-state index contributed by atoms with van der Waals surface area (Å²) in [6.45, 7) is 11.5. The van der Waals surface area contributed by atoms with E-state index >= 15 is 0 Å². The summed E-state index contributed by atoms with van der Waals surface area (Å²) in [4.78, 5) is 33.3. The van der Waals surface area contributed by atoms with Gasteiger partial charge >= 0.3 is 0 Å². The SMILES string of the molecule is CCn1nc(C(C)C)cc1C(=O)N1CCC[C@](COc2cccc(Cl)c2)(CC(=O)N2CCN(C)CC2)C1. The van der Waals surface area contributed by atoms with E-state index < -0.39 is 5.41 Å². The van der Waals surface area contributed by atoms with Gasteiger partial charge in [0.25, 0.3) is 5.91 Å². The number of piperazine rings is 1. The Bertz CT molecular complexity index is 1100. The number of ether oxygens (including phenoxy) is 1. The van der Waals surface area contributed by atoms with Gasteiger partial charge in [-0.15, -0.1) is 0 Å². The van der Waals surface area contributed by atoms with E-state index in [-0.39, 0.29) is 17.7 Å². The van der Waals surface area contributed by atoms with Crippen LogP contribution in [0.1, 0.15) is 62.1 Å². The van der Waals surface area contributed by atoms with Crippen molar-refractivity contribution in [1.29, 1.82) is 0 Å². The van der Waals surface area contributed by atoms with Crippen LogP contribution in [0.25, 0.3) is 0 Å². The topological polar surface area (TPSA) is 70.9 Å². The number of likely N-dealkylation sites (tertiary alicyclic amines) is 1. The smallest absolute Gasteiger partial charge is 0.272 e. The van der Waals surface area contributed by atoms with Gasteiger partial charge in [-0.1, -0.05) is 31.5 Å². The molecule has 2 aromatic rings. The van der Waals surface area contributed by atoms with Crippen LogP contribution in [-0.2, 0) is 11.3 Å². The van der Waals surface area contributed by atoms with Gasteiger partial charge in [0, 0.05) is 62.7 Å². The normalized spacial score (nSPS) is 20.9. The number of likely N-dealkylation sites (N-methyl/N-ethyl adjacent to an activating group) is 1. The van der Waals surface area contributed by atoms with Gasteiger partial charge in [-0.05, 0) is 57.0 Å². The summed E-state index contributed by atoms with van der Waals surface area (Å²) >= 11 is 6.18. The van der Waals surface area contributed by atoms with Crippen molar-refractivity contribution in [3.63, 3.8) is 0 Å². The maximum atomic E-state index is 13.8. The molecule has 0 N–H and O–H groups in total. The Morgan fingerprint density at radius 1 is 1.11 bits per heavy atom. The predicted molar refractivity (Wildman–Crippen MR) is 145 cm³/mol. The Morgan fingerprint density at radius 2 is 1.86 bits per heavy atom. The molecule has 2 fully saturated rings. The van der Waals surface area contributed by atoms with E-state index in [0.717, 1.165) is 44.7 Å². The quantitative estimate of drug-likeness (QED) is 0.514. The number of aryl methyl sites for hydroxylation is 1. The first-order valence-corrected chi connectivity index (χ1v) is 13.8. The summed E-state index contributed by atoms with van der Waals surface area (Å²) in [5, 5.41) is 5.25. The predicted octanol–water partition coefficient (Wildman–Crippen LogP) is 4.15. The van der Waals surface area contributed by atoms with Crippen LogP contribution in [0.4, 0.5) is 0 Å². The number of carbonyl (C=O) groups is 2. The molecule has 0 spiro atoms. The molecule has 202 valence electrons. The summed E-state index contributed by atoms with van der Waals surface area (Å²) in [5.41, 5.74) is 1.06. The second-order valence-corrected chi connectivity index (χ2v) is 11.3. The van der Waals surface area contributed by atoms with Crippen molar-refractivity contribution in [1.82, 2.24) is 24.5 Å². The number of halogens is 1. The largest absolute Gasteiger partial charge is 0.493 e. The number of nitrogens with zero attached hydrogens (tertiary/aromatic N) is 5. The zero-order valence-corrected chi connectivity index (χ0v) is 23.3. The van der Waals surface area contributed by atoms with Gasteiger partial charge in [0.05, 0.1) is 12.3 Å². The van der Waals surface area contributed by atoms with Crippen molar-refractivity contribution >= 4 is 23.4 Å². The number of piperidine rings is 1. The highest BCUT2D eigenvalue weighted by molar-refractivity contribution is 6.30. The molecule has 3 heterocycles. The van der Waals surface area contributed by atoms with Crippen molar-refractivity contribution in [2.24, 2.45) is 5.41 Å². The van der Waals surface area contributed by atoms with Gasteiger partial charge in [-0.3, -0.25) is 14.3 Å². The molecule has 1 aromatic heterocycles. The lowest BCUT2D eigenvalue weighted by Gasteiger charge is -2.43. The maximum Gasteiger partial charge on any atom is 0.272 e. The molecule has 8 nitrogen and oxygen atoms in total. The molecule has 2 aliphatic rings. The fourth-order valence-corrected chi connectivity index (χ4v) is 5.45. The summed E-state index contributed by atoms with van der Waals surface area (Å²) in [6.07, 6.45) is 1.99. The van der Waals surface area contributed by atoms with E-state index in [9.17, 15) is 9.59 Å². The third-order valence-corrected chi connectivity index (χ3v) is 7.82. The average Bonchev–Trinajstić information content (AvgIpc) is 3.33. The third kappa shape index (κ3) is 6.65. The van der Waals surface area contributed by atoms with Crippen molar-refractivity contribution in [2.45, 2.75) is 52.5 Å². The van der Waals surface area contributed by atoms with E-state index in [1.807, 2.05) is 41.0 Å². The summed E-state index contributed by atoms with van der Waals surface area (Å²) in [6, 6.07) is 9.25. The van der Waals surface area contributed by atoms with E-state index in [4.69, 9.17) is 16.3 Å². The highest BCUT2D eigenvalue weighted by atomic mass is 35.5. The molecule has 9 heteroatoms. The first-order chi connectivity index (χ1) is 17.7. The zero-order chi connectivity index (χ0) is 26.6. The number of rotatable bonds is 8. The minimum Gasteiger partial charge on any atom is -0.493 e. The molecule has 2 aliphatic heterocycles. The van der Waals surface area contributed by atoms with Crippen molar-refractivity contribution in [2.75, 3.05) is 52.9 Å². The molecule has 1 aromatic carbocycles. The highest BCUT2D eigenvalue weighted by Gasteiger charge is 2.42. The third-order valence-electron chi connectivity index (χ3n) is 7.58. The van der Waals surface area contributed by atoms with E-state index in [2.05, 4.69) is 30.9 Å². The first-order valence-electron chi connectivity index (χ1n) is 13.4. The average molecular weight is 530 g/mol. The van der Waals surface area contributed by atoms with E-state index in [1.54, 1.807) is 10.7 Å². The van der Waals surface area contributed by atoms with Crippen LogP contribution in [0.5, 0.6) is 5.75 Å². The lowest BCUT2D eigenvalue weighted by Crippen LogP contribution is -2.53. The molecule has 37 heavy (non-hydrogen) atoms. The molecular weight excluding hydrogens is 490 g/mol. The molecule has 2 amide bonds. The molecule has 2 saturated heterocycles. The number of hydrogen-bond acceptors (Lipinski definition) is 5. The Morgan fingerprint density at radius 3 is 2.54 bits per heavy atom. The van der Waals surface area contributed by atoms with Crippen molar-refractivity contribution in [3.8, 4) is 5.75 Å². The number of hydrogen-bond donors (Lipinski definition) is 0. The van der Waals surface area contributed by atoms with Gasteiger partial charge in [0.2, 0.25) is 5.91 Å². The van der Waals surface area contributed by atoms with Crippen molar-refractivity contribution in [3.05, 3.63) is 46.7 Å². The van der Waals surface area contributed by atoms with Crippen LogP contribution in [0.3, 0.4) is 0 Å². The minimum atomic E-state index is -0.478. The zero-order valence-electron chi connectivity index (χ0n) is 22.6. The minimum absolute atomic E-state index is 0.0277. The highest BCUT2D eigenvalue weighted by Crippen LogP contribution is 2.36. The van der Waals surface area contributed by atoms with Gasteiger partial charge < -0.3 is 19.4 Å². The lowest BCUT2D eigenvalue weighted by atomic mass is 9.77. The lowest BCUT2D eigenvalue weighted by molar-refractivity contribution is -0.137. The first kappa shape index (κ1) is 27.5. The fraction of sp³-hybridized carbons (Fsp3) is 0.607. The van der Waals surface area contributed by atoms with E-state index in [0.29, 0.717) is 49.1 Å². The van der Waals surface area contributed by atoms with Crippen LogP contribution in [0, 0.1) is 5.41 Å². The van der Waals surface area contributed by atoms with Gasteiger partial charge in [0.1, 0.15) is 11.4 Å². The Balaban J connectivity index is 1.56. The molecule has 1 atom stereocenters. The van der Waals surface area contributed by atoms with Crippen LogP contribution in [-0.4, -0.2) is 89.2 Å². The number of amides is 2. The van der Waals surface area contributed by atoms with E-state index in [1.165, 1.54) is 0 Å². The monoisotopic (exact) mass is 529 g/mol. The summed E-state index contributed by atoms with van der Waals surface area (Å²) < 4.78 is 8.03. The Kier molecular flexibility index (Phi) is 8.80. The second-order valence-electron chi connectivity index (χ2n) is 10.9. The van der Waals surface area contributed by atoms with Crippen LogP contribution in [0.15, 0.2) is 30.3 Å². The van der Waals surface area contributed by atoms with Gasteiger partial charge in [0.15, 0.2) is 0 Å². The second kappa shape index (κ2) is 11.9. The number of carbonyl (C=O) groups excluding carboxylic acids is 2.